The summed E-state index contributed by atoms with van der Waals surface area (Å²) in [5.74, 6) is 0.964. The smallest absolute Gasteiger partial charge is 0.119 e. The van der Waals surface area contributed by atoms with Crippen LogP contribution in [0.3, 0.4) is 0 Å². The van der Waals surface area contributed by atoms with E-state index in [4.69, 9.17) is 4.74 Å². The summed E-state index contributed by atoms with van der Waals surface area (Å²) in [6, 6.07) is 8.67. The molecule has 0 aliphatic rings. The molecular weight excluding hydrogens is 186 g/mol. The number of aryl methyl sites for hydroxylation is 1. The fourth-order valence-electron chi connectivity index (χ4n) is 1.58. The Morgan fingerprint density at radius 3 is 2.67 bits per heavy atom. The second-order valence-electron chi connectivity index (χ2n) is 4.17. The molecule has 0 saturated carbocycles. The lowest BCUT2D eigenvalue weighted by atomic mass is 10.1. The molecule has 2 nitrogen and oxygen atoms in total. The molecule has 0 radical (unpaired) electrons. The molecule has 0 fully saturated rings. The SMILES string of the molecule is CNC(C)CC(C)Oc1cccc(C)c1. The molecule has 15 heavy (non-hydrogen) atoms. The van der Waals surface area contributed by atoms with Gasteiger partial charge in [0.1, 0.15) is 5.75 Å². The fraction of sp³-hybridized carbons (Fsp3) is 0.538. The van der Waals surface area contributed by atoms with E-state index >= 15 is 0 Å². The third-order valence-corrected chi connectivity index (χ3v) is 2.51. The molecule has 0 aromatic heterocycles. The fourth-order valence-corrected chi connectivity index (χ4v) is 1.58. The Kier molecular flexibility index (Phi) is 4.63. The predicted octanol–water partition coefficient (Wildman–Crippen LogP) is 2.76. The van der Waals surface area contributed by atoms with Crippen LogP contribution in [-0.4, -0.2) is 19.2 Å². The lowest BCUT2D eigenvalue weighted by Crippen LogP contribution is -2.28. The summed E-state index contributed by atoms with van der Waals surface area (Å²) in [6.45, 7) is 6.35. The van der Waals surface area contributed by atoms with Crippen molar-refractivity contribution in [3.63, 3.8) is 0 Å². The van der Waals surface area contributed by atoms with Crippen LogP contribution in [0.5, 0.6) is 5.75 Å². The molecule has 2 heteroatoms. The van der Waals surface area contributed by atoms with E-state index in [9.17, 15) is 0 Å². The van der Waals surface area contributed by atoms with Crippen molar-refractivity contribution in [1.82, 2.24) is 5.32 Å². The van der Waals surface area contributed by atoms with Crippen molar-refractivity contribution in [2.24, 2.45) is 0 Å². The van der Waals surface area contributed by atoms with Crippen LogP contribution in [0.4, 0.5) is 0 Å². The molecular formula is C13H21NO. The van der Waals surface area contributed by atoms with Gasteiger partial charge in [-0.2, -0.15) is 0 Å². The number of hydrogen-bond acceptors (Lipinski definition) is 2. The van der Waals surface area contributed by atoms with Crippen molar-refractivity contribution < 1.29 is 4.74 Å². The largest absolute Gasteiger partial charge is 0.491 e. The summed E-state index contributed by atoms with van der Waals surface area (Å²) in [6.07, 6.45) is 1.26. The van der Waals surface area contributed by atoms with Crippen molar-refractivity contribution in [3.8, 4) is 5.75 Å². The van der Waals surface area contributed by atoms with Crippen molar-refractivity contribution >= 4 is 0 Å². The van der Waals surface area contributed by atoms with Gasteiger partial charge >= 0.3 is 0 Å². The minimum atomic E-state index is 0.245. The molecule has 1 aromatic carbocycles. The maximum absolute atomic E-state index is 5.83. The van der Waals surface area contributed by atoms with E-state index < -0.39 is 0 Å². The summed E-state index contributed by atoms with van der Waals surface area (Å²) < 4.78 is 5.83. The van der Waals surface area contributed by atoms with E-state index in [1.54, 1.807) is 0 Å². The van der Waals surface area contributed by atoms with Crippen LogP contribution in [0.15, 0.2) is 24.3 Å². The zero-order valence-corrected chi connectivity index (χ0v) is 10.1. The Morgan fingerprint density at radius 2 is 2.07 bits per heavy atom. The Balaban J connectivity index is 2.47. The lowest BCUT2D eigenvalue weighted by Gasteiger charge is -2.18. The minimum Gasteiger partial charge on any atom is -0.491 e. The number of nitrogens with one attached hydrogen (secondary N) is 1. The van der Waals surface area contributed by atoms with Crippen LogP contribution in [-0.2, 0) is 0 Å². The van der Waals surface area contributed by atoms with Gasteiger partial charge in [-0.3, -0.25) is 0 Å². The standard InChI is InChI=1S/C13H21NO/c1-10-6-5-7-13(8-10)15-12(3)9-11(2)14-4/h5-8,11-12,14H,9H2,1-4H3. The molecule has 1 rings (SSSR count). The molecule has 0 aliphatic heterocycles. The van der Waals surface area contributed by atoms with Gasteiger partial charge in [-0.15, -0.1) is 0 Å². The van der Waals surface area contributed by atoms with E-state index in [0.29, 0.717) is 6.04 Å². The second kappa shape index (κ2) is 5.76. The third-order valence-electron chi connectivity index (χ3n) is 2.51. The molecule has 0 bridgehead atoms. The van der Waals surface area contributed by atoms with E-state index in [-0.39, 0.29) is 6.10 Å². The summed E-state index contributed by atoms with van der Waals surface area (Å²) in [7, 11) is 1.98. The van der Waals surface area contributed by atoms with Crippen LogP contribution in [0.2, 0.25) is 0 Å². The van der Waals surface area contributed by atoms with Gasteiger partial charge in [-0.25, -0.2) is 0 Å². The van der Waals surface area contributed by atoms with Crippen molar-refractivity contribution in [2.45, 2.75) is 39.3 Å². The maximum atomic E-state index is 5.83. The summed E-state index contributed by atoms with van der Waals surface area (Å²) in [4.78, 5) is 0. The highest BCUT2D eigenvalue weighted by atomic mass is 16.5. The molecule has 0 amide bonds. The van der Waals surface area contributed by atoms with Gasteiger partial charge in [0.05, 0.1) is 6.10 Å². The number of benzene rings is 1. The Bertz CT molecular complexity index is 298. The molecule has 1 aromatic rings. The molecule has 0 aliphatic carbocycles. The summed E-state index contributed by atoms with van der Waals surface area (Å²) >= 11 is 0. The van der Waals surface area contributed by atoms with Gasteiger partial charge < -0.3 is 10.1 Å². The molecule has 84 valence electrons. The van der Waals surface area contributed by atoms with Gasteiger partial charge in [0.15, 0.2) is 0 Å². The predicted molar refractivity (Wildman–Crippen MR) is 64.4 cm³/mol. The van der Waals surface area contributed by atoms with Crippen molar-refractivity contribution in [3.05, 3.63) is 29.8 Å². The number of rotatable bonds is 5. The monoisotopic (exact) mass is 207 g/mol. The highest BCUT2D eigenvalue weighted by Gasteiger charge is 2.08. The van der Waals surface area contributed by atoms with Crippen molar-refractivity contribution in [1.29, 1.82) is 0 Å². The van der Waals surface area contributed by atoms with E-state index in [2.05, 4.69) is 38.2 Å². The van der Waals surface area contributed by atoms with Gasteiger partial charge in [0.25, 0.3) is 0 Å². The first kappa shape index (κ1) is 12.1. The molecule has 0 heterocycles. The normalized spacial score (nSPS) is 14.7. The van der Waals surface area contributed by atoms with Crippen LogP contribution in [0.1, 0.15) is 25.8 Å². The van der Waals surface area contributed by atoms with Crippen molar-refractivity contribution in [2.75, 3.05) is 7.05 Å². The Hall–Kier alpha value is -1.02. The molecule has 2 unspecified atom stereocenters. The van der Waals surface area contributed by atoms with E-state index in [1.165, 1.54) is 5.56 Å². The van der Waals surface area contributed by atoms with E-state index in [1.807, 2.05) is 19.2 Å². The zero-order valence-electron chi connectivity index (χ0n) is 10.1. The third kappa shape index (κ3) is 4.34. The Labute approximate surface area is 92.6 Å². The average molecular weight is 207 g/mol. The zero-order chi connectivity index (χ0) is 11.3. The van der Waals surface area contributed by atoms with Gasteiger partial charge in [-0.1, -0.05) is 12.1 Å². The van der Waals surface area contributed by atoms with Crippen LogP contribution >= 0.6 is 0 Å². The minimum absolute atomic E-state index is 0.245. The van der Waals surface area contributed by atoms with Gasteiger partial charge in [0.2, 0.25) is 0 Å². The molecule has 2 atom stereocenters. The number of hydrogen-bond donors (Lipinski definition) is 1. The second-order valence-corrected chi connectivity index (χ2v) is 4.17. The van der Waals surface area contributed by atoms with Crippen LogP contribution in [0, 0.1) is 6.92 Å². The van der Waals surface area contributed by atoms with Gasteiger partial charge in [0, 0.05) is 6.04 Å². The molecule has 0 spiro atoms. The molecule has 0 saturated heterocycles. The first-order valence-corrected chi connectivity index (χ1v) is 5.52. The summed E-state index contributed by atoms with van der Waals surface area (Å²) in [5, 5.41) is 3.21. The maximum Gasteiger partial charge on any atom is 0.119 e. The topological polar surface area (TPSA) is 21.3 Å². The first-order valence-electron chi connectivity index (χ1n) is 5.52. The highest BCUT2D eigenvalue weighted by molar-refractivity contribution is 5.27. The first-order chi connectivity index (χ1) is 7.11. The number of ether oxygens (including phenoxy) is 1. The van der Waals surface area contributed by atoms with E-state index in [0.717, 1.165) is 12.2 Å². The molecule has 1 N–H and O–H groups in total. The van der Waals surface area contributed by atoms with Crippen LogP contribution < -0.4 is 10.1 Å². The quantitative estimate of drug-likeness (QED) is 0.801. The Morgan fingerprint density at radius 1 is 1.33 bits per heavy atom. The lowest BCUT2D eigenvalue weighted by molar-refractivity contribution is 0.197. The highest BCUT2D eigenvalue weighted by Crippen LogP contribution is 2.15. The average Bonchev–Trinajstić information content (AvgIpc) is 2.17. The van der Waals surface area contributed by atoms with Crippen LogP contribution in [0.25, 0.3) is 0 Å². The van der Waals surface area contributed by atoms with Gasteiger partial charge in [-0.05, 0) is 51.9 Å². The summed E-state index contributed by atoms with van der Waals surface area (Å²) in [5.41, 5.74) is 1.24.